The van der Waals surface area contributed by atoms with Gasteiger partial charge in [0.05, 0.1) is 17.0 Å². The number of carbonyl (C=O) groups excluding carboxylic acids is 1. The van der Waals surface area contributed by atoms with Crippen molar-refractivity contribution < 1.29 is 4.79 Å². The standard InChI is InChI=1S/C19H24N8O/c1-13-7-8-27(22-13)17-6-5-16(20-21-17)25-9-11-26(12-10-25)19(28)18-14(2)23-24(4)15(18)3/h5-8H,9-12H2,1-4H3. The van der Waals surface area contributed by atoms with Crippen molar-refractivity contribution in [2.45, 2.75) is 20.8 Å². The fourth-order valence-corrected chi connectivity index (χ4v) is 3.53. The molecule has 0 radical (unpaired) electrons. The van der Waals surface area contributed by atoms with Gasteiger partial charge in [0.2, 0.25) is 0 Å². The van der Waals surface area contributed by atoms with Crippen LogP contribution in [0, 0.1) is 20.8 Å². The van der Waals surface area contributed by atoms with E-state index in [2.05, 4.69) is 25.3 Å². The van der Waals surface area contributed by atoms with Gasteiger partial charge in [-0.15, -0.1) is 10.2 Å². The smallest absolute Gasteiger partial charge is 0.257 e. The van der Waals surface area contributed by atoms with Crippen molar-refractivity contribution in [3.05, 3.63) is 47.0 Å². The van der Waals surface area contributed by atoms with Crippen LogP contribution < -0.4 is 4.90 Å². The molecule has 4 heterocycles. The molecule has 0 aromatic carbocycles. The van der Waals surface area contributed by atoms with Gasteiger partial charge in [-0.25, -0.2) is 4.68 Å². The predicted molar refractivity (Wildman–Crippen MR) is 105 cm³/mol. The first kappa shape index (κ1) is 18.1. The Morgan fingerprint density at radius 2 is 1.61 bits per heavy atom. The Bertz CT molecular complexity index is 996. The van der Waals surface area contributed by atoms with Gasteiger partial charge in [-0.05, 0) is 39.0 Å². The monoisotopic (exact) mass is 380 g/mol. The third-order valence-electron chi connectivity index (χ3n) is 5.21. The number of anilines is 1. The lowest BCUT2D eigenvalue weighted by molar-refractivity contribution is 0.0745. The topological polar surface area (TPSA) is 85.0 Å². The third-order valence-corrected chi connectivity index (χ3v) is 5.21. The van der Waals surface area contributed by atoms with Crippen molar-refractivity contribution in [3.63, 3.8) is 0 Å². The van der Waals surface area contributed by atoms with Crippen molar-refractivity contribution in [3.8, 4) is 5.82 Å². The number of aryl methyl sites for hydroxylation is 3. The summed E-state index contributed by atoms with van der Waals surface area (Å²) in [7, 11) is 1.87. The zero-order valence-electron chi connectivity index (χ0n) is 16.6. The number of piperazine rings is 1. The van der Waals surface area contributed by atoms with Crippen molar-refractivity contribution in [2.75, 3.05) is 31.1 Å². The van der Waals surface area contributed by atoms with Crippen LogP contribution in [0.2, 0.25) is 0 Å². The lowest BCUT2D eigenvalue weighted by Crippen LogP contribution is -2.49. The summed E-state index contributed by atoms with van der Waals surface area (Å²) in [6, 6.07) is 5.79. The molecule has 1 saturated heterocycles. The second-order valence-electron chi connectivity index (χ2n) is 7.10. The van der Waals surface area contributed by atoms with E-state index in [1.165, 1.54) is 0 Å². The summed E-state index contributed by atoms with van der Waals surface area (Å²) in [5.41, 5.74) is 3.34. The van der Waals surface area contributed by atoms with E-state index >= 15 is 0 Å². The molecule has 0 bridgehead atoms. The van der Waals surface area contributed by atoms with Gasteiger partial charge in [0, 0.05) is 45.1 Å². The zero-order chi connectivity index (χ0) is 19.8. The van der Waals surface area contributed by atoms with E-state index in [1.54, 1.807) is 9.36 Å². The Morgan fingerprint density at radius 1 is 0.929 bits per heavy atom. The Hall–Kier alpha value is -3.23. The van der Waals surface area contributed by atoms with Crippen LogP contribution in [-0.2, 0) is 7.05 Å². The SMILES string of the molecule is Cc1ccn(-c2ccc(N3CCN(C(=O)c4c(C)nn(C)c4C)CC3)nn2)n1. The largest absolute Gasteiger partial charge is 0.352 e. The molecular weight excluding hydrogens is 356 g/mol. The van der Waals surface area contributed by atoms with Crippen LogP contribution in [0.15, 0.2) is 24.4 Å². The molecule has 0 atom stereocenters. The highest BCUT2D eigenvalue weighted by molar-refractivity contribution is 5.96. The number of nitrogens with zero attached hydrogens (tertiary/aromatic N) is 8. The third kappa shape index (κ3) is 3.23. The van der Waals surface area contributed by atoms with Crippen LogP contribution in [0.1, 0.15) is 27.4 Å². The van der Waals surface area contributed by atoms with Gasteiger partial charge in [0.1, 0.15) is 0 Å². The molecule has 28 heavy (non-hydrogen) atoms. The van der Waals surface area contributed by atoms with Crippen molar-refractivity contribution in [1.82, 2.24) is 34.7 Å². The molecular formula is C19H24N8O. The maximum Gasteiger partial charge on any atom is 0.257 e. The molecule has 1 aliphatic rings. The van der Waals surface area contributed by atoms with Crippen LogP contribution in [0.5, 0.6) is 0 Å². The summed E-state index contributed by atoms with van der Waals surface area (Å²) >= 11 is 0. The highest BCUT2D eigenvalue weighted by Gasteiger charge is 2.27. The summed E-state index contributed by atoms with van der Waals surface area (Å²) in [6.07, 6.45) is 1.87. The van der Waals surface area contributed by atoms with E-state index in [4.69, 9.17) is 0 Å². The first-order valence-electron chi connectivity index (χ1n) is 9.35. The number of hydrogen-bond acceptors (Lipinski definition) is 6. The first-order chi connectivity index (χ1) is 13.4. The molecule has 146 valence electrons. The van der Waals surface area contributed by atoms with Crippen LogP contribution in [-0.4, -0.2) is 66.7 Å². The van der Waals surface area contributed by atoms with E-state index in [1.807, 2.05) is 57.1 Å². The molecule has 0 unspecified atom stereocenters. The number of aromatic nitrogens is 6. The van der Waals surface area contributed by atoms with Crippen LogP contribution in [0.4, 0.5) is 5.82 Å². The average Bonchev–Trinajstić information content (AvgIpc) is 3.24. The van der Waals surface area contributed by atoms with Crippen molar-refractivity contribution in [1.29, 1.82) is 0 Å². The molecule has 1 fully saturated rings. The minimum absolute atomic E-state index is 0.0539. The van der Waals surface area contributed by atoms with E-state index in [0.717, 1.165) is 41.6 Å². The maximum atomic E-state index is 12.9. The van der Waals surface area contributed by atoms with Gasteiger partial charge >= 0.3 is 0 Å². The minimum Gasteiger partial charge on any atom is -0.352 e. The van der Waals surface area contributed by atoms with E-state index in [-0.39, 0.29) is 5.91 Å². The Kier molecular flexibility index (Phi) is 4.58. The predicted octanol–water partition coefficient (Wildman–Crippen LogP) is 1.28. The Morgan fingerprint density at radius 3 is 2.14 bits per heavy atom. The van der Waals surface area contributed by atoms with Crippen LogP contribution in [0.25, 0.3) is 5.82 Å². The van der Waals surface area contributed by atoms with Gasteiger partial charge in [-0.3, -0.25) is 9.48 Å². The summed E-state index contributed by atoms with van der Waals surface area (Å²) in [5, 5.41) is 17.3. The molecule has 1 aliphatic heterocycles. The van der Waals surface area contributed by atoms with Crippen molar-refractivity contribution in [2.24, 2.45) is 7.05 Å². The Balaban J connectivity index is 1.42. The first-order valence-corrected chi connectivity index (χ1v) is 9.35. The molecule has 0 saturated carbocycles. The van der Waals surface area contributed by atoms with Gasteiger partial charge in [-0.1, -0.05) is 0 Å². The second kappa shape index (κ2) is 7.06. The lowest BCUT2D eigenvalue weighted by atomic mass is 10.1. The summed E-state index contributed by atoms with van der Waals surface area (Å²) in [6.45, 7) is 8.49. The fraction of sp³-hybridized carbons (Fsp3) is 0.421. The molecule has 0 N–H and O–H groups in total. The van der Waals surface area contributed by atoms with E-state index < -0.39 is 0 Å². The molecule has 3 aromatic heterocycles. The highest BCUT2D eigenvalue weighted by atomic mass is 16.2. The fourth-order valence-electron chi connectivity index (χ4n) is 3.53. The summed E-state index contributed by atoms with van der Waals surface area (Å²) < 4.78 is 3.47. The molecule has 9 heteroatoms. The van der Waals surface area contributed by atoms with Gasteiger partial charge in [0.25, 0.3) is 5.91 Å². The molecule has 9 nitrogen and oxygen atoms in total. The van der Waals surface area contributed by atoms with E-state index in [9.17, 15) is 4.79 Å². The summed E-state index contributed by atoms with van der Waals surface area (Å²) in [5.74, 6) is 1.56. The number of carbonyl (C=O) groups is 1. The summed E-state index contributed by atoms with van der Waals surface area (Å²) in [4.78, 5) is 17.0. The molecule has 4 rings (SSSR count). The second-order valence-corrected chi connectivity index (χ2v) is 7.10. The minimum atomic E-state index is 0.0539. The van der Waals surface area contributed by atoms with E-state index in [0.29, 0.717) is 18.9 Å². The number of amides is 1. The molecule has 1 amide bonds. The van der Waals surface area contributed by atoms with Crippen LogP contribution in [0.3, 0.4) is 0 Å². The van der Waals surface area contributed by atoms with Gasteiger partial charge < -0.3 is 9.80 Å². The highest BCUT2D eigenvalue weighted by Crippen LogP contribution is 2.18. The Labute approximate surface area is 163 Å². The quantitative estimate of drug-likeness (QED) is 0.681. The number of rotatable bonds is 3. The zero-order valence-corrected chi connectivity index (χ0v) is 16.6. The van der Waals surface area contributed by atoms with Gasteiger partial charge in [0.15, 0.2) is 11.6 Å². The van der Waals surface area contributed by atoms with Crippen LogP contribution >= 0.6 is 0 Å². The lowest BCUT2D eigenvalue weighted by Gasteiger charge is -2.35. The number of hydrogen-bond donors (Lipinski definition) is 0. The van der Waals surface area contributed by atoms with Gasteiger partial charge in [-0.2, -0.15) is 10.2 Å². The maximum absolute atomic E-state index is 12.9. The molecule has 0 spiro atoms. The normalized spacial score (nSPS) is 14.6. The molecule has 3 aromatic rings. The molecule has 0 aliphatic carbocycles. The average molecular weight is 380 g/mol. The van der Waals surface area contributed by atoms with Crippen molar-refractivity contribution >= 4 is 11.7 Å².